The molecule has 0 aromatic rings. The largest absolute Gasteiger partial charge is 0.308 e. The van der Waals surface area contributed by atoms with E-state index in [-0.39, 0.29) is 0 Å². The Hall–Kier alpha value is -0.0800. The van der Waals surface area contributed by atoms with Crippen LogP contribution >= 0.6 is 0 Å². The Bertz CT molecular complexity index is 116. The van der Waals surface area contributed by atoms with Gasteiger partial charge in [-0.2, -0.15) is 0 Å². The van der Waals surface area contributed by atoms with Crippen LogP contribution in [0.15, 0.2) is 0 Å². The molecule has 2 heteroatoms. The highest BCUT2D eigenvalue weighted by atomic mass is 15.2. The SMILES string of the molecule is CC.CC.CCCC.CN(C)CCN1CCCCC1. The van der Waals surface area contributed by atoms with Crippen molar-refractivity contribution in [1.29, 1.82) is 0 Å². The predicted molar refractivity (Wildman–Crippen MR) is 92.1 cm³/mol. The summed E-state index contributed by atoms with van der Waals surface area (Å²) in [4.78, 5) is 4.83. The fourth-order valence-corrected chi connectivity index (χ4v) is 1.52. The number of unbranched alkanes of at least 4 members (excludes halogenated alkanes) is 1. The highest BCUT2D eigenvalue weighted by molar-refractivity contribution is 4.64. The molecule has 0 amide bonds. The van der Waals surface area contributed by atoms with Crippen molar-refractivity contribution in [2.24, 2.45) is 0 Å². The van der Waals surface area contributed by atoms with Gasteiger partial charge in [0.2, 0.25) is 0 Å². The second-order valence-corrected chi connectivity index (χ2v) is 4.71. The van der Waals surface area contributed by atoms with Crippen molar-refractivity contribution in [3.63, 3.8) is 0 Å². The molecule has 0 atom stereocenters. The molecule has 1 fully saturated rings. The number of rotatable bonds is 4. The van der Waals surface area contributed by atoms with Crippen molar-refractivity contribution in [2.45, 2.75) is 73.6 Å². The van der Waals surface area contributed by atoms with E-state index in [9.17, 15) is 0 Å². The molecule has 2 nitrogen and oxygen atoms in total. The van der Waals surface area contributed by atoms with Crippen molar-refractivity contribution >= 4 is 0 Å². The summed E-state index contributed by atoms with van der Waals surface area (Å²) >= 11 is 0. The van der Waals surface area contributed by atoms with Crippen LogP contribution in [-0.2, 0) is 0 Å². The van der Waals surface area contributed by atoms with Crippen LogP contribution in [0.4, 0.5) is 0 Å². The summed E-state index contributed by atoms with van der Waals surface area (Å²) in [6.45, 7) is 17.5. The van der Waals surface area contributed by atoms with E-state index in [1.807, 2.05) is 27.7 Å². The molecule has 0 unspecified atom stereocenters. The fourth-order valence-electron chi connectivity index (χ4n) is 1.52. The van der Waals surface area contributed by atoms with Gasteiger partial charge in [0, 0.05) is 13.1 Å². The summed E-state index contributed by atoms with van der Waals surface area (Å²) in [5, 5.41) is 0. The van der Waals surface area contributed by atoms with E-state index < -0.39 is 0 Å². The lowest BCUT2D eigenvalue weighted by atomic mass is 10.1. The molecular weight excluding hydrogens is 232 g/mol. The summed E-state index contributed by atoms with van der Waals surface area (Å²) in [5.41, 5.74) is 0. The molecular formula is C17H42N2. The first kappa shape index (κ1) is 24.0. The summed E-state index contributed by atoms with van der Waals surface area (Å²) in [7, 11) is 4.29. The van der Waals surface area contributed by atoms with Gasteiger partial charge < -0.3 is 9.80 Å². The van der Waals surface area contributed by atoms with Gasteiger partial charge in [0.1, 0.15) is 0 Å². The van der Waals surface area contributed by atoms with Gasteiger partial charge in [-0.25, -0.2) is 0 Å². The zero-order chi connectivity index (χ0) is 15.5. The van der Waals surface area contributed by atoms with Crippen LogP contribution in [0, 0.1) is 0 Å². The molecule has 1 aliphatic rings. The van der Waals surface area contributed by atoms with Crippen LogP contribution in [-0.4, -0.2) is 50.1 Å². The number of hydrogen-bond donors (Lipinski definition) is 0. The van der Waals surface area contributed by atoms with Gasteiger partial charge in [0.25, 0.3) is 0 Å². The Morgan fingerprint density at radius 2 is 1.21 bits per heavy atom. The molecule has 1 heterocycles. The number of nitrogens with zero attached hydrogens (tertiary/aromatic N) is 2. The monoisotopic (exact) mass is 274 g/mol. The van der Waals surface area contributed by atoms with Crippen molar-refractivity contribution in [2.75, 3.05) is 40.3 Å². The number of likely N-dealkylation sites (tertiary alicyclic amines) is 1. The third kappa shape index (κ3) is 23.4. The van der Waals surface area contributed by atoms with E-state index >= 15 is 0 Å². The van der Waals surface area contributed by atoms with Crippen LogP contribution < -0.4 is 0 Å². The minimum Gasteiger partial charge on any atom is -0.308 e. The maximum Gasteiger partial charge on any atom is 0.0109 e. The first-order valence-electron chi connectivity index (χ1n) is 8.57. The minimum absolute atomic E-state index is 1.21. The summed E-state index contributed by atoms with van der Waals surface area (Å²) in [6.07, 6.45) is 6.90. The van der Waals surface area contributed by atoms with Gasteiger partial charge in [-0.05, 0) is 40.0 Å². The summed E-state index contributed by atoms with van der Waals surface area (Å²) < 4.78 is 0. The van der Waals surface area contributed by atoms with Crippen LogP contribution in [0.25, 0.3) is 0 Å². The molecule has 0 saturated carbocycles. The third-order valence-electron chi connectivity index (χ3n) is 2.81. The zero-order valence-corrected chi connectivity index (χ0v) is 15.3. The van der Waals surface area contributed by atoms with E-state index in [1.54, 1.807) is 0 Å². The Labute approximate surface area is 124 Å². The molecule has 19 heavy (non-hydrogen) atoms. The summed E-state index contributed by atoms with van der Waals surface area (Å²) in [6, 6.07) is 0. The maximum absolute atomic E-state index is 2.57. The minimum atomic E-state index is 1.21. The lowest BCUT2D eigenvalue weighted by molar-refractivity contribution is 0.207. The maximum atomic E-state index is 2.57. The van der Waals surface area contributed by atoms with Crippen LogP contribution in [0.2, 0.25) is 0 Å². The van der Waals surface area contributed by atoms with Crippen molar-refractivity contribution in [1.82, 2.24) is 9.80 Å². The van der Waals surface area contributed by atoms with Gasteiger partial charge >= 0.3 is 0 Å². The van der Waals surface area contributed by atoms with E-state index in [1.165, 1.54) is 58.3 Å². The molecule has 1 saturated heterocycles. The molecule has 0 aromatic heterocycles. The van der Waals surface area contributed by atoms with Gasteiger partial charge in [-0.15, -0.1) is 0 Å². The van der Waals surface area contributed by atoms with Gasteiger partial charge in [-0.3, -0.25) is 0 Å². The molecule has 0 spiro atoms. The number of piperidine rings is 1. The average Bonchev–Trinajstić information content (AvgIpc) is 2.50. The smallest absolute Gasteiger partial charge is 0.0109 e. The topological polar surface area (TPSA) is 6.48 Å². The highest BCUT2D eigenvalue weighted by Crippen LogP contribution is 2.07. The zero-order valence-electron chi connectivity index (χ0n) is 15.3. The van der Waals surface area contributed by atoms with Crippen LogP contribution in [0.3, 0.4) is 0 Å². The molecule has 1 rings (SSSR count). The molecule has 120 valence electrons. The van der Waals surface area contributed by atoms with E-state index in [0.717, 1.165) is 0 Å². The first-order chi connectivity index (χ1) is 9.20. The number of likely N-dealkylation sites (N-methyl/N-ethyl adjacent to an activating group) is 1. The lowest BCUT2D eigenvalue weighted by Crippen LogP contribution is -2.35. The highest BCUT2D eigenvalue weighted by Gasteiger charge is 2.08. The van der Waals surface area contributed by atoms with Crippen molar-refractivity contribution in [3.05, 3.63) is 0 Å². The first-order valence-corrected chi connectivity index (χ1v) is 8.57. The summed E-state index contributed by atoms with van der Waals surface area (Å²) in [5.74, 6) is 0. The molecule has 0 N–H and O–H groups in total. The van der Waals surface area contributed by atoms with Gasteiger partial charge in [0.15, 0.2) is 0 Å². The van der Waals surface area contributed by atoms with Gasteiger partial charge in [0.05, 0.1) is 0 Å². The Morgan fingerprint density at radius 3 is 1.53 bits per heavy atom. The lowest BCUT2D eigenvalue weighted by Gasteiger charge is -2.27. The second kappa shape index (κ2) is 23.0. The standard InChI is InChI=1S/C9H20N2.C4H10.2C2H6/c1-10(2)8-9-11-6-4-3-5-7-11;1-3-4-2;2*1-2/h3-9H2,1-2H3;3-4H2,1-2H3;2*1-2H3. The average molecular weight is 275 g/mol. The molecule has 1 aliphatic heterocycles. The van der Waals surface area contributed by atoms with E-state index in [4.69, 9.17) is 0 Å². The third-order valence-corrected chi connectivity index (χ3v) is 2.81. The van der Waals surface area contributed by atoms with Crippen molar-refractivity contribution in [3.8, 4) is 0 Å². The molecule has 0 aromatic carbocycles. The molecule has 0 bridgehead atoms. The predicted octanol–water partition coefficient (Wildman–Crippen LogP) is 4.89. The van der Waals surface area contributed by atoms with Crippen LogP contribution in [0.1, 0.15) is 73.6 Å². The Kier molecular flexibility index (Phi) is 29.1. The van der Waals surface area contributed by atoms with Crippen molar-refractivity contribution < 1.29 is 0 Å². The van der Waals surface area contributed by atoms with E-state index in [2.05, 4.69) is 37.7 Å². The second-order valence-electron chi connectivity index (χ2n) is 4.71. The number of hydrogen-bond acceptors (Lipinski definition) is 2. The van der Waals surface area contributed by atoms with Crippen LogP contribution in [0.5, 0.6) is 0 Å². The quantitative estimate of drug-likeness (QED) is 0.720. The van der Waals surface area contributed by atoms with Gasteiger partial charge in [-0.1, -0.05) is 60.8 Å². The normalized spacial score (nSPS) is 14.4. The molecule has 0 aliphatic carbocycles. The Morgan fingerprint density at radius 1 is 0.789 bits per heavy atom. The van der Waals surface area contributed by atoms with E-state index in [0.29, 0.717) is 0 Å². The fraction of sp³-hybridized carbons (Fsp3) is 1.00. The Balaban J connectivity index is -0.000000271. The molecule has 0 radical (unpaired) electrons.